The molecular weight excluding hydrogens is 263 g/mol. The maximum atomic E-state index is 13.1. The molecule has 0 bridgehead atoms. The fourth-order valence-electron chi connectivity index (χ4n) is 1.78. The van der Waals surface area contributed by atoms with Gasteiger partial charge in [-0.15, -0.1) is 11.3 Å². The zero-order chi connectivity index (χ0) is 13.2. The van der Waals surface area contributed by atoms with Crippen LogP contribution in [0.4, 0.5) is 10.1 Å². The second-order valence-electron chi connectivity index (χ2n) is 4.12. The molecule has 5 heteroatoms. The van der Waals surface area contributed by atoms with Crippen LogP contribution >= 0.6 is 11.3 Å². The second-order valence-corrected chi connectivity index (χ2v) is 5.24. The number of fused-ring (bicyclic) bond motifs is 1. The van der Waals surface area contributed by atoms with Crippen molar-refractivity contribution in [3.63, 3.8) is 0 Å². The molecule has 0 aliphatic carbocycles. The number of phenolic OH excluding ortho intramolecular Hbond substituents is 1. The maximum absolute atomic E-state index is 13.1. The number of hydrogen-bond acceptors (Lipinski definition) is 4. The first-order chi connectivity index (χ1) is 9.20. The molecule has 0 unspecified atom stereocenters. The lowest BCUT2D eigenvalue weighted by molar-refractivity contribution is 0.475. The lowest BCUT2D eigenvalue weighted by atomic mass is 10.3. The summed E-state index contributed by atoms with van der Waals surface area (Å²) in [5.74, 6) is -0.0307. The largest absolute Gasteiger partial charge is 0.508 e. The van der Waals surface area contributed by atoms with E-state index in [4.69, 9.17) is 0 Å². The summed E-state index contributed by atoms with van der Waals surface area (Å²) >= 11 is 1.54. The molecule has 3 nitrogen and oxygen atoms in total. The summed E-state index contributed by atoms with van der Waals surface area (Å²) in [6.07, 6.45) is 0. The Hall–Kier alpha value is -2.14. The van der Waals surface area contributed by atoms with Gasteiger partial charge in [0.25, 0.3) is 0 Å². The van der Waals surface area contributed by atoms with Crippen molar-refractivity contribution in [1.29, 1.82) is 0 Å². The van der Waals surface area contributed by atoms with E-state index in [0.29, 0.717) is 12.1 Å². The normalized spacial score (nSPS) is 10.8. The van der Waals surface area contributed by atoms with Gasteiger partial charge < -0.3 is 10.4 Å². The zero-order valence-corrected chi connectivity index (χ0v) is 10.7. The molecule has 0 radical (unpaired) electrons. The van der Waals surface area contributed by atoms with E-state index in [1.54, 1.807) is 30.3 Å². The van der Waals surface area contributed by atoms with E-state index in [-0.39, 0.29) is 11.6 Å². The summed E-state index contributed by atoms with van der Waals surface area (Å²) < 4.78 is 14.0. The van der Waals surface area contributed by atoms with Crippen molar-refractivity contribution >= 4 is 27.2 Å². The highest BCUT2D eigenvalue weighted by atomic mass is 32.1. The Kier molecular flexibility index (Phi) is 3.05. The van der Waals surface area contributed by atoms with Gasteiger partial charge in [-0.25, -0.2) is 9.37 Å². The molecule has 1 aromatic heterocycles. The van der Waals surface area contributed by atoms with Crippen LogP contribution in [0.25, 0.3) is 10.2 Å². The van der Waals surface area contributed by atoms with Gasteiger partial charge in [0.2, 0.25) is 0 Å². The minimum atomic E-state index is -0.268. The van der Waals surface area contributed by atoms with Crippen molar-refractivity contribution in [2.24, 2.45) is 0 Å². The first kappa shape index (κ1) is 11.9. The van der Waals surface area contributed by atoms with E-state index in [1.165, 1.54) is 23.5 Å². The second kappa shape index (κ2) is 4.85. The Bertz CT molecular complexity index is 709. The van der Waals surface area contributed by atoms with Gasteiger partial charge in [0.1, 0.15) is 16.6 Å². The lowest BCUT2D eigenvalue weighted by Gasteiger charge is -2.03. The van der Waals surface area contributed by atoms with Gasteiger partial charge in [-0.3, -0.25) is 0 Å². The van der Waals surface area contributed by atoms with Crippen molar-refractivity contribution < 1.29 is 9.50 Å². The Morgan fingerprint density at radius 3 is 2.74 bits per heavy atom. The summed E-state index contributed by atoms with van der Waals surface area (Å²) in [5, 5.41) is 13.3. The third-order valence-electron chi connectivity index (χ3n) is 2.70. The van der Waals surface area contributed by atoms with Crippen molar-refractivity contribution in [1.82, 2.24) is 4.98 Å². The molecule has 0 atom stereocenters. The number of thiazole rings is 1. The summed E-state index contributed by atoms with van der Waals surface area (Å²) in [6, 6.07) is 11.5. The van der Waals surface area contributed by atoms with Gasteiger partial charge >= 0.3 is 0 Å². The van der Waals surface area contributed by atoms with E-state index in [9.17, 15) is 9.50 Å². The summed E-state index contributed by atoms with van der Waals surface area (Å²) in [7, 11) is 0. The third kappa shape index (κ3) is 2.66. The molecule has 96 valence electrons. The van der Waals surface area contributed by atoms with E-state index in [0.717, 1.165) is 15.4 Å². The number of nitrogens with zero attached hydrogens (tertiary/aromatic N) is 1. The molecule has 3 aromatic rings. The monoisotopic (exact) mass is 274 g/mol. The van der Waals surface area contributed by atoms with E-state index in [2.05, 4.69) is 10.3 Å². The van der Waals surface area contributed by atoms with Crippen molar-refractivity contribution in [3.05, 3.63) is 53.3 Å². The number of halogens is 1. The number of anilines is 1. The van der Waals surface area contributed by atoms with Crippen LogP contribution in [0, 0.1) is 5.82 Å². The SMILES string of the molecule is Oc1ccc(NCc2nc3cc(F)ccc3s2)cc1. The molecule has 0 aliphatic heterocycles. The molecular formula is C14H11FN2OS. The highest BCUT2D eigenvalue weighted by Gasteiger charge is 2.04. The van der Waals surface area contributed by atoms with Gasteiger partial charge in [-0.05, 0) is 36.4 Å². The summed E-state index contributed by atoms with van der Waals surface area (Å²) in [6.45, 7) is 0.575. The quantitative estimate of drug-likeness (QED) is 0.715. The summed E-state index contributed by atoms with van der Waals surface area (Å²) in [5.41, 5.74) is 1.59. The smallest absolute Gasteiger partial charge is 0.125 e. The maximum Gasteiger partial charge on any atom is 0.125 e. The predicted octanol–water partition coefficient (Wildman–Crippen LogP) is 3.75. The van der Waals surface area contributed by atoms with Crippen LogP contribution in [0.2, 0.25) is 0 Å². The van der Waals surface area contributed by atoms with Crippen molar-refractivity contribution in [2.45, 2.75) is 6.54 Å². The molecule has 3 rings (SSSR count). The number of aromatic nitrogens is 1. The van der Waals surface area contributed by atoms with Crippen LogP contribution in [-0.4, -0.2) is 10.1 Å². The van der Waals surface area contributed by atoms with E-state index < -0.39 is 0 Å². The fourth-order valence-corrected chi connectivity index (χ4v) is 2.67. The zero-order valence-electron chi connectivity index (χ0n) is 9.93. The van der Waals surface area contributed by atoms with Crippen molar-refractivity contribution in [2.75, 3.05) is 5.32 Å². The first-order valence-electron chi connectivity index (χ1n) is 5.78. The van der Waals surface area contributed by atoms with Gasteiger partial charge in [0.15, 0.2) is 0 Å². The molecule has 2 N–H and O–H groups in total. The molecule has 1 heterocycles. The first-order valence-corrected chi connectivity index (χ1v) is 6.60. The number of hydrogen-bond donors (Lipinski definition) is 2. The van der Waals surface area contributed by atoms with Crippen LogP contribution < -0.4 is 5.32 Å². The molecule has 0 saturated carbocycles. The fraction of sp³-hybridized carbons (Fsp3) is 0.0714. The predicted molar refractivity (Wildman–Crippen MR) is 75.0 cm³/mol. The standard InChI is InChI=1S/C14H11FN2OS/c15-9-1-6-13-12(7-9)17-14(19-13)8-16-10-2-4-11(18)5-3-10/h1-7,16,18H,8H2. The average molecular weight is 274 g/mol. The highest BCUT2D eigenvalue weighted by Crippen LogP contribution is 2.23. The van der Waals surface area contributed by atoms with E-state index in [1.807, 2.05) is 0 Å². The molecule has 0 spiro atoms. The van der Waals surface area contributed by atoms with Crippen LogP contribution in [0.15, 0.2) is 42.5 Å². The lowest BCUT2D eigenvalue weighted by Crippen LogP contribution is -1.98. The van der Waals surface area contributed by atoms with Crippen LogP contribution in [-0.2, 0) is 6.54 Å². The Labute approximate surface area is 113 Å². The van der Waals surface area contributed by atoms with Gasteiger partial charge in [-0.2, -0.15) is 0 Å². The number of rotatable bonds is 3. The molecule has 19 heavy (non-hydrogen) atoms. The van der Waals surface area contributed by atoms with Gasteiger partial charge in [0, 0.05) is 11.8 Å². The van der Waals surface area contributed by atoms with Crippen LogP contribution in [0.5, 0.6) is 5.75 Å². The number of phenols is 1. The van der Waals surface area contributed by atoms with Crippen LogP contribution in [0.1, 0.15) is 5.01 Å². The van der Waals surface area contributed by atoms with Crippen molar-refractivity contribution in [3.8, 4) is 5.75 Å². The highest BCUT2D eigenvalue weighted by molar-refractivity contribution is 7.18. The van der Waals surface area contributed by atoms with Gasteiger partial charge in [-0.1, -0.05) is 0 Å². The minimum Gasteiger partial charge on any atom is -0.508 e. The van der Waals surface area contributed by atoms with Crippen LogP contribution in [0.3, 0.4) is 0 Å². The van der Waals surface area contributed by atoms with Gasteiger partial charge in [0.05, 0.1) is 16.8 Å². The Balaban J connectivity index is 1.76. The average Bonchev–Trinajstić information content (AvgIpc) is 2.80. The molecule has 2 aromatic carbocycles. The van der Waals surface area contributed by atoms with E-state index >= 15 is 0 Å². The number of nitrogens with one attached hydrogen (secondary N) is 1. The topological polar surface area (TPSA) is 45.1 Å². The Morgan fingerprint density at radius 2 is 1.95 bits per heavy atom. The number of benzene rings is 2. The summed E-state index contributed by atoms with van der Waals surface area (Å²) in [4.78, 5) is 4.37. The molecule has 0 aliphatic rings. The molecule has 0 saturated heterocycles. The molecule has 0 fully saturated rings. The minimum absolute atomic E-state index is 0.237. The Morgan fingerprint density at radius 1 is 1.16 bits per heavy atom. The number of aromatic hydroxyl groups is 1. The third-order valence-corrected chi connectivity index (χ3v) is 3.74. The molecule has 0 amide bonds.